The van der Waals surface area contributed by atoms with Gasteiger partial charge in [-0.05, 0) is 19.1 Å². The number of carbonyl (C=O) groups excluding carboxylic acids is 1. The van der Waals surface area contributed by atoms with E-state index in [2.05, 4.69) is 0 Å². The lowest BCUT2D eigenvalue weighted by Crippen LogP contribution is -2.22. The summed E-state index contributed by atoms with van der Waals surface area (Å²) in [5.41, 5.74) is 1.46. The van der Waals surface area contributed by atoms with E-state index in [1.807, 2.05) is 13.0 Å². The van der Waals surface area contributed by atoms with E-state index < -0.39 is 12.1 Å². The number of esters is 1. The van der Waals surface area contributed by atoms with Crippen molar-refractivity contribution < 1.29 is 19.0 Å². The number of hydrogen-bond acceptors (Lipinski definition) is 5. The zero-order chi connectivity index (χ0) is 13.1. The Morgan fingerprint density at radius 2 is 2.39 bits per heavy atom. The third-order valence-electron chi connectivity index (χ3n) is 2.55. The van der Waals surface area contributed by atoms with Crippen LogP contribution in [0.2, 0.25) is 0 Å². The highest BCUT2D eigenvalue weighted by atomic mass is 16.7. The summed E-state index contributed by atoms with van der Waals surface area (Å²) in [5, 5.41) is 8.98. The average Bonchev–Trinajstić information content (AvgIpc) is 2.35. The molecule has 2 atom stereocenters. The number of ether oxygens (including phenoxy) is 3. The van der Waals surface area contributed by atoms with Gasteiger partial charge < -0.3 is 14.2 Å². The average molecular weight is 247 g/mol. The van der Waals surface area contributed by atoms with Gasteiger partial charge in [0.1, 0.15) is 11.8 Å². The fraction of sp³-hybridized carbons (Fsp3) is 0.385. The second-order valence-electron chi connectivity index (χ2n) is 3.98. The summed E-state index contributed by atoms with van der Waals surface area (Å²) < 4.78 is 15.7. The molecule has 0 aliphatic carbocycles. The fourth-order valence-electron chi connectivity index (χ4n) is 1.75. The van der Waals surface area contributed by atoms with Crippen LogP contribution >= 0.6 is 0 Å². The van der Waals surface area contributed by atoms with Crippen molar-refractivity contribution in [1.82, 2.24) is 0 Å². The van der Waals surface area contributed by atoms with Crippen molar-refractivity contribution >= 4 is 5.97 Å². The minimum Gasteiger partial charge on any atom is -0.465 e. The number of fused-ring (bicyclic) bond motifs is 1. The van der Waals surface area contributed by atoms with Gasteiger partial charge in [-0.25, -0.2) is 0 Å². The molecule has 2 rings (SSSR count). The molecule has 18 heavy (non-hydrogen) atoms. The standard InChI is InChI=1S/C13H13NO4/c1-8(15)17-13(6-14)10-3-4-12-11(5-10)7-16-9(2)18-12/h3-5,9,13H,7H2,1-2H3/t9?,13-/m0/s1. The normalized spacial score (nSPS) is 19.1. The number of rotatable bonds is 2. The maximum Gasteiger partial charge on any atom is 0.304 e. The summed E-state index contributed by atoms with van der Waals surface area (Å²) in [6.07, 6.45) is -1.17. The van der Waals surface area contributed by atoms with Crippen molar-refractivity contribution in [3.8, 4) is 11.8 Å². The Bertz CT molecular complexity index is 506. The zero-order valence-electron chi connectivity index (χ0n) is 10.2. The van der Waals surface area contributed by atoms with Crippen LogP contribution in [0.4, 0.5) is 0 Å². The first-order valence-corrected chi connectivity index (χ1v) is 5.58. The van der Waals surface area contributed by atoms with E-state index >= 15 is 0 Å². The van der Waals surface area contributed by atoms with Gasteiger partial charge in [0.05, 0.1) is 6.61 Å². The quantitative estimate of drug-likeness (QED) is 0.748. The molecular formula is C13H13NO4. The molecule has 0 fully saturated rings. The Morgan fingerprint density at radius 1 is 1.61 bits per heavy atom. The second-order valence-corrected chi connectivity index (χ2v) is 3.98. The molecule has 1 aromatic carbocycles. The monoisotopic (exact) mass is 247 g/mol. The van der Waals surface area contributed by atoms with Crippen LogP contribution in [-0.2, 0) is 20.9 Å². The number of carbonyl (C=O) groups is 1. The van der Waals surface area contributed by atoms with Gasteiger partial charge in [0.2, 0.25) is 6.10 Å². The van der Waals surface area contributed by atoms with Gasteiger partial charge in [0, 0.05) is 18.1 Å². The van der Waals surface area contributed by atoms with E-state index in [0.29, 0.717) is 12.2 Å². The van der Waals surface area contributed by atoms with Crippen molar-refractivity contribution in [1.29, 1.82) is 5.26 Å². The van der Waals surface area contributed by atoms with Crippen LogP contribution in [0.1, 0.15) is 31.1 Å². The third-order valence-corrected chi connectivity index (χ3v) is 2.55. The molecule has 0 radical (unpaired) electrons. The topological polar surface area (TPSA) is 68.6 Å². The van der Waals surface area contributed by atoms with E-state index in [1.54, 1.807) is 18.2 Å². The molecule has 1 aromatic rings. The van der Waals surface area contributed by atoms with Crippen molar-refractivity contribution in [3.05, 3.63) is 29.3 Å². The molecule has 0 amide bonds. The number of nitriles is 1. The smallest absolute Gasteiger partial charge is 0.304 e. The molecule has 1 aliphatic rings. The highest BCUT2D eigenvalue weighted by Gasteiger charge is 2.20. The maximum atomic E-state index is 10.9. The minimum absolute atomic E-state index is 0.274. The van der Waals surface area contributed by atoms with Gasteiger partial charge in [-0.3, -0.25) is 4.79 Å². The Labute approximate surface area is 105 Å². The summed E-state index contributed by atoms with van der Waals surface area (Å²) >= 11 is 0. The van der Waals surface area contributed by atoms with Crippen LogP contribution in [0, 0.1) is 11.3 Å². The molecule has 1 unspecified atom stereocenters. The van der Waals surface area contributed by atoms with Gasteiger partial charge in [0.15, 0.2) is 6.29 Å². The molecule has 1 aliphatic heterocycles. The lowest BCUT2D eigenvalue weighted by Gasteiger charge is -2.24. The van der Waals surface area contributed by atoms with Crippen molar-refractivity contribution in [2.75, 3.05) is 0 Å². The molecule has 0 N–H and O–H groups in total. The van der Waals surface area contributed by atoms with Gasteiger partial charge in [0.25, 0.3) is 0 Å². The Kier molecular flexibility index (Phi) is 3.49. The van der Waals surface area contributed by atoms with Crippen molar-refractivity contribution in [3.63, 3.8) is 0 Å². The van der Waals surface area contributed by atoms with E-state index in [0.717, 1.165) is 11.3 Å². The number of benzene rings is 1. The van der Waals surface area contributed by atoms with Crippen molar-refractivity contribution in [2.45, 2.75) is 32.8 Å². The van der Waals surface area contributed by atoms with Crippen LogP contribution < -0.4 is 4.74 Å². The molecule has 5 heteroatoms. The predicted octanol–water partition coefficient (Wildman–Crippen LogP) is 2.07. The van der Waals surface area contributed by atoms with Gasteiger partial charge >= 0.3 is 5.97 Å². The Morgan fingerprint density at radius 3 is 3.06 bits per heavy atom. The van der Waals surface area contributed by atoms with Gasteiger partial charge in [-0.1, -0.05) is 6.07 Å². The van der Waals surface area contributed by atoms with E-state index in [4.69, 9.17) is 19.5 Å². The summed E-state index contributed by atoms with van der Waals surface area (Å²) in [7, 11) is 0. The van der Waals surface area contributed by atoms with Crippen LogP contribution in [0.25, 0.3) is 0 Å². The molecule has 0 aromatic heterocycles. The first-order chi connectivity index (χ1) is 8.60. The molecule has 0 bridgehead atoms. The Hall–Kier alpha value is -2.06. The van der Waals surface area contributed by atoms with Gasteiger partial charge in [-0.2, -0.15) is 5.26 Å². The SMILES string of the molecule is CC(=O)O[C@@H](C#N)c1ccc2c(c1)COC(C)O2. The minimum atomic E-state index is -0.896. The van der Waals surface area contributed by atoms with E-state index in [1.165, 1.54) is 6.92 Å². The van der Waals surface area contributed by atoms with Crippen LogP contribution in [0.5, 0.6) is 5.75 Å². The molecule has 0 spiro atoms. The maximum absolute atomic E-state index is 10.9. The molecule has 5 nitrogen and oxygen atoms in total. The highest BCUT2D eigenvalue weighted by molar-refractivity contribution is 5.66. The Balaban J connectivity index is 2.25. The molecule has 1 heterocycles. The number of hydrogen-bond donors (Lipinski definition) is 0. The lowest BCUT2D eigenvalue weighted by atomic mass is 10.1. The summed E-state index contributed by atoms with van der Waals surface area (Å²) in [5.74, 6) is 0.248. The molecule has 0 saturated heterocycles. The van der Waals surface area contributed by atoms with Crippen molar-refractivity contribution in [2.24, 2.45) is 0 Å². The van der Waals surface area contributed by atoms with Gasteiger partial charge in [-0.15, -0.1) is 0 Å². The van der Waals surface area contributed by atoms with E-state index in [9.17, 15) is 4.79 Å². The fourth-order valence-corrected chi connectivity index (χ4v) is 1.75. The lowest BCUT2D eigenvalue weighted by molar-refractivity contribution is -0.144. The molecule has 0 saturated carbocycles. The number of nitrogens with zero attached hydrogens (tertiary/aromatic N) is 1. The highest BCUT2D eigenvalue weighted by Crippen LogP contribution is 2.29. The van der Waals surface area contributed by atoms with Crippen LogP contribution in [0.3, 0.4) is 0 Å². The first-order valence-electron chi connectivity index (χ1n) is 5.58. The van der Waals surface area contributed by atoms with Crippen LogP contribution in [-0.4, -0.2) is 12.3 Å². The second kappa shape index (κ2) is 5.07. The zero-order valence-corrected chi connectivity index (χ0v) is 10.2. The molecular weight excluding hydrogens is 234 g/mol. The summed E-state index contributed by atoms with van der Waals surface area (Å²) in [4.78, 5) is 10.9. The molecule has 94 valence electrons. The first kappa shape index (κ1) is 12.4. The van der Waals surface area contributed by atoms with Crippen LogP contribution in [0.15, 0.2) is 18.2 Å². The predicted molar refractivity (Wildman–Crippen MR) is 61.4 cm³/mol. The van der Waals surface area contributed by atoms with E-state index in [-0.39, 0.29) is 6.29 Å². The summed E-state index contributed by atoms with van der Waals surface area (Å²) in [6, 6.07) is 7.18. The largest absolute Gasteiger partial charge is 0.465 e. The third kappa shape index (κ3) is 2.60. The summed E-state index contributed by atoms with van der Waals surface area (Å²) in [6.45, 7) is 3.51.